The van der Waals surface area contributed by atoms with Crippen molar-refractivity contribution in [2.24, 2.45) is 11.7 Å². The van der Waals surface area contributed by atoms with Gasteiger partial charge in [0.05, 0.1) is 10.7 Å². The second-order valence-corrected chi connectivity index (χ2v) is 6.22. The zero-order valence-corrected chi connectivity index (χ0v) is 12.4. The van der Waals surface area contributed by atoms with Gasteiger partial charge in [-0.1, -0.05) is 33.1 Å². The van der Waals surface area contributed by atoms with Crippen LogP contribution in [0, 0.1) is 19.8 Å². The third-order valence-corrected chi connectivity index (χ3v) is 4.64. The minimum atomic E-state index is 0.275. The highest BCUT2D eigenvalue weighted by molar-refractivity contribution is 7.11. The van der Waals surface area contributed by atoms with Gasteiger partial charge in [0.1, 0.15) is 0 Å². The van der Waals surface area contributed by atoms with Crippen molar-refractivity contribution in [2.45, 2.75) is 65.8 Å². The number of thiazole rings is 1. The largest absolute Gasteiger partial charge is 0.327 e. The van der Waals surface area contributed by atoms with Gasteiger partial charge in [-0.15, -0.1) is 11.3 Å². The highest BCUT2D eigenvalue weighted by Gasteiger charge is 2.17. The molecule has 0 saturated carbocycles. The summed E-state index contributed by atoms with van der Waals surface area (Å²) in [6, 6.07) is 0.275. The van der Waals surface area contributed by atoms with Crippen LogP contribution in [0.3, 0.4) is 0 Å². The molecule has 17 heavy (non-hydrogen) atoms. The van der Waals surface area contributed by atoms with E-state index in [2.05, 4.69) is 32.7 Å². The van der Waals surface area contributed by atoms with E-state index in [9.17, 15) is 0 Å². The van der Waals surface area contributed by atoms with Gasteiger partial charge < -0.3 is 5.73 Å². The third-order valence-electron chi connectivity index (χ3n) is 3.54. The van der Waals surface area contributed by atoms with Crippen LogP contribution in [0.15, 0.2) is 0 Å². The van der Waals surface area contributed by atoms with Crippen LogP contribution in [0.1, 0.15) is 55.1 Å². The Balaban J connectivity index is 2.54. The lowest BCUT2D eigenvalue weighted by molar-refractivity contribution is 0.368. The van der Waals surface area contributed by atoms with Gasteiger partial charge in [-0.3, -0.25) is 0 Å². The molecule has 0 spiro atoms. The molecule has 0 aliphatic heterocycles. The van der Waals surface area contributed by atoms with Crippen molar-refractivity contribution in [1.29, 1.82) is 0 Å². The molecule has 2 unspecified atom stereocenters. The number of aromatic nitrogens is 1. The smallest absolute Gasteiger partial charge is 0.0946 e. The van der Waals surface area contributed by atoms with Gasteiger partial charge in [-0.05, 0) is 26.2 Å². The lowest BCUT2D eigenvalue weighted by Gasteiger charge is -2.21. The summed E-state index contributed by atoms with van der Waals surface area (Å²) in [5.74, 6) is 0.652. The van der Waals surface area contributed by atoms with Crippen molar-refractivity contribution in [3.8, 4) is 0 Å². The summed E-state index contributed by atoms with van der Waals surface area (Å²) in [6.07, 6.45) is 5.95. The van der Waals surface area contributed by atoms with Gasteiger partial charge in [0.15, 0.2) is 0 Å². The molecule has 0 bridgehead atoms. The highest BCUT2D eigenvalue weighted by atomic mass is 32.1. The molecule has 0 saturated heterocycles. The fourth-order valence-electron chi connectivity index (χ4n) is 2.18. The molecule has 1 aromatic heterocycles. The summed E-state index contributed by atoms with van der Waals surface area (Å²) in [5.41, 5.74) is 7.49. The van der Waals surface area contributed by atoms with E-state index >= 15 is 0 Å². The van der Waals surface area contributed by atoms with Crippen molar-refractivity contribution < 1.29 is 0 Å². The number of rotatable bonds is 7. The molecule has 0 radical (unpaired) electrons. The quantitative estimate of drug-likeness (QED) is 0.803. The van der Waals surface area contributed by atoms with E-state index in [0.29, 0.717) is 5.92 Å². The van der Waals surface area contributed by atoms with Crippen LogP contribution >= 0.6 is 11.3 Å². The van der Waals surface area contributed by atoms with Crippen molar-refractivity contribution >= 4 is 11.3 Å². The van der Waals surface area contributed by atoms with Crippen LogP contribution in [0.2, 0.25) is 0 Å². The number of hydrogen-bond acceptors (Lipinski definition) is 3. The molecule has 98 valence electrons. The summed E-state index contributed by atoms with van der Waals surface area (Å²) < 4.78 is 0. The lowest BCUT2D eigenvalue weighted by atomic mass is 9.90. The predicted molar refractivity (Wildman–Crippen MR) is 76.6 cm³/mol. The van der Waals surface area contributed by atoms with Gasteiger partial charge in [-0.2, -0.15) is 0 Å². The first-order valence-corrected chi connectivity index (χ1v) is 7.58. The Hall–Kier alpha value is -0.410. The molecule has 0 fully saturated rings. The molecule has 1 aromatic rings. The first-order valence-electron chi connectivity index (χ1n) is 6.76. The first-order chi connectivity index (χ1) is 8.08. The molecular weight excluding hydrogens is 228 g/mol. The normalized spacial score (nSPS) is 14.9. The third kappa shape index (κ3) is 4.40. The average Bonchev–Trinajstić information content (AvgIpc) is 2.59. The molecule has 3 heteroatoms. The number of nitrogens with two attached hydrogens (primary N) is 1. The Bertz CT molecular complexity index is 313. The van der Waals surface area contributed by atoms with Crippen LogP contribution in [0.5, 0.6) is 0 Å². The Morgan fingerprint density at radius 1 is 1.29 bits per heavy atom. The van der Waals surface area contributed by atoms with Gasteiger partial charge in [0.2, 0.25) is 0 Å². The van der Waals surface area contributed by atoms with Crippen LogP contribution in [-0.2, 0) is 6.42 Å². The minimum absolute atomic E-state index is 0.275. The molecule has 1 heterocycles. The maximum absolute atomic E-state index is 6.33. The second kappa shape index (κ2) is 7.12. The van der Waals surface area contributed by atoms with Crippen LogP contribution < -0.4 is 5.73 Å². The van der Waals surface area contributed by atoms with E-state index in [0.717, 1.165) is 6.42 Å². The van der Waals surface area contributed by atoms with E-state index in [4.69, 9.17) is 5.73 Å². The molecule has 2 N–H and O–H groups in total. The van der Waals surface area contributed by atoms with Crippen molar-refractivity contribution in [3.05, 3.63) is 15.6 Å². The summed E-state index contributed by atoms with van der Waals surface area (Å²) in [7, 11) is 0. The van der Waals surface area contributed by atoms with Gasteiger partial charge >= 0.3 is 0 Å². The molecular formula is C14H26N2S. The van der Waals surface area contributed by atoms with Crippen LogP contribution in [-0.4, -0.2) is 11.0 Å². The van der Waals surface area contributed by atoms with Gasteiger partial charge in [-0.25, -0.2) is 4.98 Å². The molecule has 0 aromatic carbocycles. The van der Waals surface area contributed by atoms with Crippen LogP contribution in [0.4, 0.5) is 0 Å². The summed E-state index contributed by atoms with van der Waals surface area (Å²) in [6.45, 7) is 8.70. The summed E-state index contributed by atoms with van der Waals surface area (Å²) in [4.78, 5) is 5.91. The Kier molecular flexibility index (Phi) is 6.14. The number of hydrogen-bond donors (Lipinski definition) is 1. The number of aryl methyl sites for hydroxylation is 2. The number of unbranched alkanes of at least 4 members (excludes halogenated alkanes) is 1. The maximum Gasteiger partial charge on any atom is 0.0946 e. The Labute approximate surface area is 110 Å². The lowest BCUT2D eigenvalue weighted by Crippen LogP contribution is -2.32. The van der Waals surface area contributed by atoms with E-state index in [1.165, 1.54) is 41.3 Å². The van der Waals surface area contributed by atoms with E-state index in [1.807, 2.05) is 0 Å². The van der Waals surface area contributed by atoms with Crippen LogP contribution in [0.25, 0.3) is 0 Å². The highest BCUT2D eigenvalue weighted by Crippen LogP contribution is 2.22. The Morgan fingerprint density at radius 2 is 2.00 bits per heavy atom. The molecule has 2 nitrogen and oxygen atoms in total. The zero-order valence-electron chi connectivity index (χ0n) is 11.6. The fraction of sp³-hybridized carbons (Fsp3) is 0.786. The van der Waals surface area contributed by atoms with E-state index < -0.39 is 0 Å². The monoisotopic (exact) mass is 254 g/mol. The predicted octanol–water partition coefficient (Wildman–Crippen LogP) is 3.85. The Morgan fingerprint density at radius 3 is 2.47 bits per heavy atom. The minimum Gasteiger partial charge on any atom is -0.327 e. The van der Waals surface area contributed by atoms with Gasteiger partial charge in [0.25, 0.3) is 0 Å². The topological polar surface area (TPSA) is 38.9 Å². The molecule has 0 aliphatic carbocycles. The van der Waals surface area contributed by atoms with Crippen molar-refractivity contribution in [3.63, 3.8) is 0 Å². The van der Waals surface area contributed by atoms with E-state index in [1.54, 1.807) is 11.3 Å². The maximum atomic E-state index is 6.33. The molecule has 0 amide bonds. The summed E-state index contributed by atoms with van der Waals surface area (Å²) >= 11 is 1.80. The van der Waals surface area contributed by atoms with Crippen molar-refractivity contribution in [2.75, 3.05) is 0 Å². The average molecular weight is 254 g/mol. The zero-order chi connectivity index (χ0) is 12.8. The number of nitrogens with zero attached hydrogens (tertiary/aromatic N) is 1. The molecule has 2 atom stereocenters. The molecule has 0 aliphatic rings. The summed E-state index contributed by atoms with van der Waals surface area (Å²) in [5, 5.41) is 1.21. The van der Waals surface area contributed by atoms with Gasteiger partial charge in [0, 0.05) is 17.3 Å². The molecule has 1 rings (SSSR count). The van der Waals surface area contributed by atoms with E-state index in [-0.39, 0.29) is 6.04 Å². The fourth-order valence-corrected chi connectivity index (χ4v) is 3.19. The SMILES string of the molecule is CCCCC(CC)C(N)Cc1nc(C)c(C)s1. The first kappa shape index (κ1) is 14.7. The van der Waals surface area contributed by atoms with Crippen molar-refractivity contribution in [1.82, 2.24) is 4.98 Å². The second-order valence-electron chi connectivity index (χ2n) is 4.93. The standard InChI is InChI=1S/C14H26N2S/c1-5-7-8-12(6-2)13(15)9-14-16-10(3)11(4)17-14/h12-13H,5-9,15H2,1-4H3.